The second-order valence-corrected chi connectivity index (χ2v) is 9.65. The first-order valence-corrected chi connectivity index (χ1v) is 12.1. The molecule has 172 valence electrons. The lowest BCUT2D eigenvalue weighted by Gasteiger charge is -2.17. The first-order valence-electron chi connectivity index (χ1n) is 11.3. The first kappa shape index (κ1) is 23.2. The lowest BCUT2D eigenvalue weighted by Crippen LogP contribution is -2.24. The van der Waals surface area contributed by atoms with E-state index in [-0.39, 0.29) is 16.9 Å². The van der Waals surface area contributed by atoms with Gasteiger partial charge in [-0.15, -0.1) is 10.2 Å². The van der Waals surface area contributed by atoms with Crippen molar-refractivity contribution >= 4 is 29.1 Å². The van der Waals surface area contributed by atoms with E-state index in [1.54, 1.807) is 24.3 Å². The molecule has 0 bridgehead atoms. The highest BCUT2D eigenvalue weighted by molar-refractivity contribution is 8.00. The van der Waals surface area contributed by atoms with Gasteiger partial charge in [-0.05, 0) is 57.5 Å². The molecule has 1 amide bonds. The number of nitrogens with one attached hydrogen (secondary N) is 1. The number of nitrogens with zero attached hydrogens (tertiary/aromatic N) is 4. The van der Waals surface area contributed by atoms with Gasteiger partial charge in [-0.1, -0.05) is 54.2 Å². The predicted octanol–water partition coefficient (Wildman–Crippen LogP) is 4.24. The number of carbonyl (C=O) groups excluding carboxylic acids is 2. The van der Waals surface area contributed by atoms with Gasteiger partial charge >= 0.3 is 0 Å². The first-order chi connectivity index (χ1) is 16.0. The summed E-state index contributed by atoms with van der Waals surface area (Å²) in [4.78, 5) is 26.9. The summed E-state index contributed by atoms with van der Waals surface area (Å²) in [5, 5.41) is 12.2. The number of rotatable bonds is 9. The van der Waals surface area contributed by atoms with Crippen LogP contribution in [-0.4, -0.2) is 49.7 Å². The average Bonchev–Trinajstić information content (AvgIpc) is 3.46. The van der Waals surface area contributed by atoms with E-state index in [0.717, 1.165) is 30.6 Å². The molecule has 1 unspecified atom stereocenters. The number of hydrogen-bond donors (Lipinski definition) is 1. The Kier molecular flexibility index (Phi) is 7.57. The summed E-state index contributed by atoms with van der Waals surface area (Å²) in [5.41, 5.74) is 2.35. The molecule has 2 heterocycles. The monoisotopic (exact) mass is 463 g/mol. The van der Waals surface area contributed by atoms with E-state index in [4.69, 9.17) is 0 Å². The summed E-state index contributed by atoms with van der Waals surface area (Å²) >= 11 is 1.40. The highest BCUT2D eigenvalue weighted by Gasteiger charge is 2.22. The molecule has 0 aliphatic carbocycles. The van der Waals surface area contributed by atoms with Gasteiger partial charge in [0.1, 0.15) is 5.82 Å². The van der Waals surface area contributed by atoms with Crippen molar-refractivity contribution in [1.29, 1.82) is 0 Å². The van der Waals surface area contributed by atoms with E-state index in [1.165, 1.54) is 37.1 Å². The number of aromatic nitrogens is 3. The van der Waals surface area contributed by atoms with Crippen LogP contribution in [0.25, 0.3) is 0 Å². The minimum atomic E-state index is -0.385. The Bertz CT molecular complexity index is 1110. The van der Waals surface area contributed by atoms with Crippen LogP contribution in [0.15, 0.2) is 59.8 Å². The van der Waals surface area contributed by atoms with Gasteiger partial charge in [0, 0.05) is 11.3 Å². The quantitative estimate of drug-likeness (QED) is 0.378. The van der Waals surface area contributed by atoms with Gasteiger partial charge in [-0.25, -0.2) is 0 Å². The van der Waals surface area contributed by atoms with Gasteiger partial charge in [0.05, 0.1) is 18.3 Å². The lowest BCUT2D eigenvalue weighted by atomic mass is 10.1. The molecule has 1 saturated heterocycles. The number of thioether (sulfide) groups is 1. The van der Waals surface area contributed by atoms with E-state index in [9.17, 15) is 9.59 Å². The lowest BCUT2D eigenvalue weighted by molar-refractivity contribution is -0.115. The van der Waals surface area contributed by atoms with E-state index in [1.807, 2.05) is 25.1 Å². The van der Waals surface area contributed by atoms with Gasteiger partial charge in [-0.2, -0.15) is 0 Å². The summed E-state index contributed by atoms with van der Waals surface area (Å²) in [5.74, 6) is 0.745. The fourth-order valence-electron chi connectivity index (χ4n) is 3.86. The van der Waals surface area contributed by atoms with Crippen molar-refractivity contribution in [2.75, 3.05) is 18.4 Å². The maximum Gasteiger partial charge on any atom is 0.237 e. The van der Waals surface area contributed by atoms with Gasteiger partial charge in [0.15, 0.2) is 10.9 Å². The van der Waals surface area contributed by atoms with Crippen molar-refractivity contribution < 1.29 is 9.59 Å². The smallest absolute Gasteiger partial charge is 0.237 e. The molecule has 0 saturated carbocycles. The average molecular weight is 464 g/mol. The Hall–Kier alpha value is -2.97. The van der Waals surface area contributed by atoms with Gasteiger partial charge in [0.2, 0.25) is 5.91 Å². The molecule has 33 heavy (non-hydrogen) atoms. The SMILES string of the molecule is CC(=O)c1cccc(NC(=O)C(C)Sc2nnc(CN3CCCC3)n2Cc2ccccc2)c1. The van der Waals surface area contributed by atoms with Crippen LogP contribution in [0, 0.1) is 0 Å². The van der Waals surface area contributed by atoms with Crippen LogP contribution in [0.3, 0.4) is 0 Å². The second kappa shape index (κ2) is 10.8. The Morgan fingerprint density at radius 3 is 2.52 bits per heavy atom. The molecule has 7 nitrogen and oxygen atoms in total. The number of likely N-dealkylation sites (tertiary alicyclic amines) is 1. The van der Waals surface area contributed by atoms with Crippen LogP contribution in [0.1, 0.15) is 48.4 Å². The van der Waals surface area contributed by atoms with E-state index in [0.29, 0.717) is 17.8 Å². The van der Waals surface area contributed by atoms with E-state index < -0.39 is 0 Å². The van der Waals surface area contributed by atoms with Gasteiger partial charge < -0.3 is 9.88 Å². The third kappa shape index (κ3) is 6.09. The highest BCUT2D eigenvalue weighted by Crippen LogP contribution is 2.26. The number of benzene rings is 2. The maximum atomic E-state index is 12.9. The van der Waals surface area contributed by atoms with Crippen molar-refractivity contribution in [3.63, 3.8) is 0 Å². The Morgan fingerprint density at radius 2 is 1.79 bits per heavy atom. The van der Waals surface area contributed by atoms with E-state index in [2.05, 4.69) is 37.1 Å². The summed E-state index contributed by atoms with van der Waals surface area (Å²) in [6.45, 7) is 6.96. The molecule has 3 aromatic rings. The standard InChI is InChI=1S/C25H29N5O2S/c1-18(31)21-11-8-12-22(15-21)26-24(32)19(2)33-25-28-27-23(17-29-13-6-7-14-29)30(25)16-20-9-4-3-5-10-20/h3-5,8-12,15,19H,6-7,13-14,16-17H2,1-2H3,(H,26,32). The maximum absolute atomic E-state index is 12.9. The molecular weight excluding hydrogens is 434 g/mol. The van der Waals surface area contributed by atoms with E-state index >= 15 is 0 Å². The van der Waals surface area contributed by atoms with Crippen LogP contribution >= 0.6 is 11.8 Å². The molecule has 1 aliphatic rings. The van der Waals surface area contributed by atoms with Crippen LogP contribution in [-0.2, 0) is 17.9 Å². The van der Waals surface area contributed by atoms with Crippen molar-refractivity contribution in [3.05, 3.63) is 71.5 Å². The predicted molar refractivity (Wildman–Crippen MR) is 130 cm³/mol. The highest BCUT2D eigenvalue weighted by atomic mass is 32.2. The van der Waals surface area contributed by atoms with Crippen LogP contribution in [0.5, 0.6) is 0 Å². The molecular formula is C25H29N5O2S. The molecule has 2 aromatic carbocycles. The van der Waals surface area contributed by atoms with Gasteiger partial charge in [0.25, 0.3) is 0 Å². The van der Waals surface area contributed by atoms with Crippen molar-refractivity contribution in [2.45, 2.75) is 50.2 Å². The van der Waals surface area contributed by atoms with Crippen LogP contribution in [0.4, 0.5) is 5.69 Å². The Morgan fingerprint density at radius 1 is 1.03 bits per heavy atom. The topological polar surface area (TPSA) is 80.1 Å². The fourth-order valence-corrected chi connectivity index (χ4v) is 4.73. The number of carbonyl (C=O) groups is 2. The number of amides is 1. The largest absolute Gasteiger partial charge is 0.325 e. The normalized spacial score (nSPS) is 14.8. The molecule has 1 atom stereocenters. The summed E-state index contributed by atoms with van der Waals surface area (Å²) < 4.78 is 2.12. The van der Waals surface area contributed by atoms with Crippen molar-refractivity contribution in [3.8, 4) is 0 Å². The second-order valence-electron chi connectivity index (χ2n) is 8.34. The zero-order valence-corrected chi connectivity index (χ0v) is 19.8. The Labute approximate surface area is 198 Å². The third-order valence-corrected chi connectivity index (χ3v) is 6.81. The minimum absolute atomic E-state index is 0.0342. The molecule has 4 rings (SSSR count). The number of anilines is 1. The minimum Gasteiger partial charge on any atom is -0.325 e. The Balaban J connectivity index is 1.49. The summed E-state index contributed by atoms with van der Waals surface area (Å²) in [7, 11) is 0. The van der Waals surface area contributed by atoms with Crippen LogP contribution < -0.4 is 5.32 Å². The third-order valence-electron chi connectivity index (χ3n) is 5.73. The molecule has 1 aliphatic heterocycles. The molecule has 0 spiro atoms. The molecule has 1 N–H and O–H groups in total. The molecule has 1 aromatic heterocycles. The van der Waals surface area contributed by atoms with Crippen LogP contribution in [0.2, 0.25) is 0 Å². The van der Waals surface area contributed by atoms with Gasteiger partial charge in [-0.3, -0.25) is 14.5 Å². The zero-order chi connectivity index (χ0) is 23.2. The fraction of sp³-hybridized carbons (Fsp3) is 0.360. The number of hydrogen-bond acceptors (Lipinski definition) is 6. The summed E-state index contributed by atoms with van der Waals surface area (Å²) in [6.07, 6.45) is 2.44. The number of Topliss-reactive ketones (excluding diaryl/α,β-unsaturated/α-hetero) is 1. The molecule has 0 radical (unpaired) electrons. The number of ketones is 1. The van der Waals surface area contributed by atoms with Crippen molar-refractivity contribution in [2.24, 2.45) is 0 Å². The summed E-state index contributed by atoms with van der Waals surface area (Å²) in [6, 6.07) is 17.2. The molecule has 1 fully saturated rings. The zero-order valence-electron chi connectivity index (χ0n) is 19.0. The van der Waals surface area contributed by atoms with Crippen molar-refractivity contribution in [1.82, 2.24) is 19.7 Å². The molecule has 8 heteroatoms.